The monoisotopic (exact) mass is 205 g/mol. The van der Waals surface area contributed by atoms with Crippen LogP contribution in [0.25, 0.3) is 0 Å². The SMILES string of the molecule is Cc1ccc(CNC(=O)C(C)(C)C)cc1. The second-order valence-corrected chi connectivity index (χ2v) is 4.92. The minimum atomic E-state index is -0.315. The number of hydrogen-bond acceptors (Lipinski definition) is 1. The number of rotatable bonds is 2. The summed E-state index contributed by atoms with van der Waals surface area (Å²) in [6.45, 7) is 8.40. The van der Waals surface area contributed by atoms with E-state index in [9.17, 15) is 4.79 Å². The molecule has 0 radical (unpaired) electrons. The lowest BCUT2D eigenvalue weighted by atomic mass is 9.95. The van der Waals surface area contributed by atoms with Gasteiger partial charge in [-0.3, -0.25) is 4.79 Å². The highest BCUT2D eigenvalue weighted by atomic mass is 16.2. The fourth-order valence-electron chi connectivity index (χ4n) is 1.15. The fourth-order valence-corrected chi connectivity index (χ4v) is 1.15. The van der Waals surface area contributed by atoms with Crippen molar-refractivity contribution in [1.29, 1.82) is 0 Å². The van der Waals surface area contributed by atoms with Crippen molar-refractivity contribution in [2.75, 3.05) is 0 Å². The third-order valence-corrected chi connectivity index (χ3v) is 2.25. The van der Waals surface area contributed by atoms with Gasteiger partial charge in [-0.2, -0.15) is 0 Å². The zero-order chi connectivity index (χ0) is 11.5. The van der Waals surface area contributed by atoms with E-state index in [0.29, 0.717) is 6.54 Å². The van der Waals surface area contributed by atoms with E-state index in [1.807, 2.05) is 32.9 Å². The summed E-state index contributed by atoms with van der Waals surface area (Å²) in [7, 11) is 0. The molecule has 0 unspecified atom stereocenters. The van der Waals surface area contributed by atoms with Crippen molar-refractivity contribution >= 4 is 5.91 Å². The van der Waals surface area contributed by atoms with E-state index >= 15 is 0 Å². The van der Waals surface area contributed by atoms with E-state index in [0.717, 1.165) is 5.56 Å². The van der Waals surface area contributed by atoms with Crippen LogP contribution in [0.5, 0.6) is 0 Å². The van der Waals surface area contributed by atoms with Gasteiger partial charge in [0.1, 0.15) is 0 Å². The van der Waals surface area contributed by atoms with Gasteiger partial charge in [-0.25, -0.2) is 0 Å². The Morgan fingerprint density at radius 3 is 2.20 bits per heavy atom. The predicted octanol–water partition coefficient (Wildman–Crippen LogP) is 2.66. The molecule has 0 aromatic heterocycles. The Labute approximate surface area is 91.7 Å². The van der Waals surface area contributed by atoms with Crippen LogP contribution in [-0.2, 0) is 11.3 Å². The fraction of sp³-hybridized carbons (Fsp3) is 0.462. The first-order valence-corrected chi connectivity index (χ1v) is 5.23. The zero-order valence-electron chi connectivity index (χ0n) is 9.92. The summed E-state index contributed by atoms with van der Waals surface area (Å²) in [5, 5.41) is 2.92. The van der Waals surface area contributed by atoms with E-state index in [4.69, 9.17) is 0 Å². The van der Waals surface area contributed by atoms with Crippen LogP contribution in [-0.4, -0.2) is 5.91 Å². The molecule has 15 heavy (non-hydrogen) atoms. The molecule has 0 aliphatic carbocycles. The molecule has 1 amide bonds. The highest BCUT2D eigenvalue weighted by Gasteiger charge is 2.20. The maximum absolute atomic E-state index is 11.6. The molecule has 2 heteroatoms. The van der Waals surface area contributed by atoms with Gasteiger partial charge in [-0.15, -0.1) is 0 Å². The molecular weight excluding hydrogens is 186 g/mol. The van der Waals surface area contributed by atoms with Gasteiger partial charge in [0.15, 0.2) is 0 Å². The molecule has 0 fully saturated rings. The Morgan fingerprint density at radius 1 is 1.20 bits per heavy atom. The Hall–Kier alpha value is -1.31. The largest absolute Gasteiger partial charge is 0.352 e. The first-order valence-electron chi connectivity index (χ1n) is 5.23. The first kappa shape index (κ1) is 11.8. The topological polar surface area (TPSA) is 29.1 Å². The van der Waals surface area contributed by atoms with Gasteiger partial charge in [0.05, 0.1) is 0 Å². The summed E-state index contributed by atoms with van der Waals surface area (Å²) in [5.74, 6) is 0.0862. The summed E-state index contributed by atoms with van der Waals surface area (Å²) in [6, 6.07) is 8.19. The third kappa shape index (κ3) is 3.74. The maximum atomic E-state index is 11.6. The molecule has 2 nitrogen and oxygen atoms in total. The minimum absolute atomic E-state index is 0.0862. The van der Waals surface area contributed by atoms with Crippen molar-refractivity contribution in [3.63, 3.8) is 0 Å². The van der Waals surface area contributed by atoms with Crippen LogP contribution in [0.3, 0.4) is 0 Å². The number of nitrogens with one attached hydrogen (secondary N) is 1. The van der Waals surface area contributed by atoms with E-state index in [1.165, 1.54) is 5.56 Å². The minimum Gasteiger partial charge on any atom is -0.352 e. The molecule has 0 atom stereocenters. The second-order valence-electron chi connectivity index (χ2n) is 4.92. The molecule has 0 saturated carbocycles. The standard InChI is InChI=1S/C13H19NO/c1-10-5-7-11(8-6-10)9-14-12(15)13(2,3)4/h5-8H,9H2,1-4H3,(H,14,15). The molecule has 1 aromatic carbocycles. The number of hydrogen-bond donors (Lipinski definition) is 1. The van der Waals surface area contributed by atoms with Gasteiger partial charge in [0.25, 0.3) is 0 Å². The number of carbonyl (C=O) groups excluding carboxylic acids is 1. The van der Waals surface area contributed by atoms with Gasteiger partial charge in [-0.1, -0.05) is 50.6 Å². The lowest BCUT2D eigenvalue weighted by molar-refractivity contribution is -0.128. The summed E-state index contributed by atoms with van der Waals surface area (Å²) < 4.78 is 0. The molecule has 1 N–H and O–H groups in total. The number of benzene rings is 1. The highest BCUT2D eigenvalue weighted by Crippen LogP contribution is 2.13. The molecule has 0 aliphatic rings. The molecule has 0 aliphatic heterocycles. The second kappa shape index (κ2) is 4.47. The Morgan fingerprint density at radius 2 is 1.73 bits per heavy atom. The summed E-state index contributed by atoms with van der Waals surface area (Å²) >= 11 is 0. The van der Waals surface area contributed by atoms with Gasteiger partial charge >= 0.3 is 0 Å². The Bertz CT molecular complexity index is 333. The van der Waals surface area contributed by atoms with Crippen molar-refractivity contribution in [2.45, 2.75) is 34.2 Å². The van der Waals surface area contributed by atoms with Gasteiger partial charge < -0.3 is 5.32 Å². The van der Waals surface area contributed by atoms with E-state index in [-0.39, 0.29) is 11.3 Å². The first-order chi connectivity index (χ1) is 6.89. The summed E-state index contributed by atoms with van der Waals surface area (Å²) in [4.78, 5) is 11.6. The van der Waals surface area contributed by atoms with Crippen molar-refractivity contribution < 1.29 is 4.79 Å². The van der Waals surface area contributed by atoms with Crippen molar-refractivity contribution in [1.82, 2.24) is 5.32 Å². The average Bonchev–Trinajstić information content (AvgIpc) is 2.15. The van der Waals surface area contributed by atoms with Crippen molar-refractivity contribution in [3.8, 4) is 0 Å². The van der Waals surface area contributed by atoms with Crippen LogP contribution in [0.15, 0.2) is 24.3 Å². The molecule has 1 rings (SSSR count). The molecule has 1 aromatic rings. The maximum Gasteiger partial charge on any atom is 0.225 e. The van der Waals surface area contributed by atoms with Crippen LogP contribution < -0.4 is 5.32 Å². The lowest BCUT2D eigenvalue weighted by Crippen LogP contribution is -2.34. The lowest BCUT2D eigenvalue weighted by Gasteiger charge is -2.17. The number of aryl methyl sites for hydroxylation is 1. The summed E-state index contributed by atoms with van der Waals surface area (Å²) in [5.41, 5.74) is 2.06. The van der Waals surface area contributed by atoms with Crippen LogP contribution in [0, 0.1) is 12.3 Å². The Balaban J connectivity index is 2.51. The number of amides is 1. The third-order valence-electron chi connectivity index (χ3n) is 2.25. The average molecular weight is 205 g/mol. The van der Waals surface area contributed by atoms with Gasteiger partial charge in [0.2, 0.25) is 5.91 Å². The van der Waals surface area contributed by atoms with Crippen molar-refractivity contribution in [2.24, 2.45) is 5.41 Å². The van der Waals surface area contributed by atoms with Gasteiger partial charge in [-0.05, 0) is 12.5 Å². The van der Waals surface area contributed by atoms with Crippen LogP contribution in [0.1, 0.15) is 31.9 Å². The summed E-state index contributed by atoms with van der Waals surface area (Å²) in [6.07, 6.45) is 0. The molecule has 0 saturated heterocycles. The van der Waals surface area contributed by atoms with Crippen LogP contribution in [0.2, 0.25) is 0 Å². The predicted molar refractivity (Wildman–Crippen MR) is 62.5 cm³/mol. The zero-order valence-corrected chi connectivity index (χ0v) is 9.92. The van der Waals surface area contributed by atoms with Gasteiger partial charge in [0, 0.05) is 12.0 Å². The smallest absolute Gasteiger partial charge is 0.225 e. The van der Waals surface area contributed by atoms with E-state index < -0.39 is 0 Å². The van der Waals surface area contributed by atoms with Crippen LogP contribution >= 0.6 is 0 Å². The molecule has 0 spiro atoms. The molecule has 0 heterocycles. The number of carbonyl (C=O) groups is 1. The van der Waals surface area contributed by atoms with E-state index in [2.05, 4.69) is 24.4 Å². The molecular formula is C13H19NO. The Kier molecular flexibility index (Phi) is 3.51. The quantitative estimate of drug-likeness (QED) is 0.790. The molecule has 82 valence electrons. The molecule has 0 bridgehead atoms. The van der Waals surface area contributed by atoms with Crippen LogP contribution in [0.4, 0.5) is 0 Å². The normalized spacial score (nSPS) is 11.2. The van der Waals surface area contributed by atoms with E-state index in [1.54, 1.807) is 0 Å². The highest BCUT2D eigenvalue weighted by molar-refractivity contribution is 5.81. The van der Waals surface area contributed by atoms with Crippen molar-refractivity contribution in [3.05, 3.63) is 35.4 Å².